The molecule has 0 unspecified atom stereocenters. The molecule has 13 heavy (non-hydrogen) atoms. The molecule has 0 aromatic rings. The maximum Gasteiger partial charge on any atom is 0.304 e. The summed E-state index contributed by atoms with van der Waals surface area (Å²) in [6, 6.07) is 0. The largest absolute Gasteiger partial charge is 0.481 e. The topological polar surface area (TPSA) is 40.5 Å². The molecule has 1 N–H and O–H groups in total. The fraction of sp³-hybridized carbons (Fsp3) is 0.900. The average Bonchev–Trinajstić information content (AvgIpc) is 2.46. The lowest BCUT2D eigenvalue weighted by Gasteiger charge is -2.48. The molecule has 1 saturated carbocycles. The number of hydrogen-bond acceptors (Lipinski definition) is 2. The summed E-state index contributed by atoms with van der Waals surface area (Å²) < 4.78 is 0. The SMILES string of the molecule is O=C(O)CCN1CC2(CCCC2)C1. The van der Waals surface area contributed by atoms with E-state index in [2.05, 4.69) is 4.90 Å². The van der Waals surface area contributed by atoms with Gasteiger partial charge in [-0.15, -0.1) is 0 Å². The molecular formula is C10H17NO2. The van der Waals surface area contributed by atoms with Crippen molar-refractivity contribution in [1.29, 1.82) is 0 Å². The van der Waals surface area contributed by atoms with Crippen LogP contribution in [0.4, 0.5) is 0 Å². The van der Waals surface area contributed by atoms with Crippen molar-refractivity contribution in [3.05, 3.63) is 0 Å². The molecule has 1 aliphatic heterocycles. The minimum atomic E-state index is -0.674. The fourth-order valence-corrected chi connectivity index (χ4v) is 2.76. The molecule has 2 fully saturated rings. The van der Waals surface area contributed by atoms with Gasteiger partial charge < -0.3 is 10.0 Å². The molecule has 1 saturated heterocycles. The molecule has 3 nitrogen and oxygen atoms in total. The van der Waals surface area contributed by atoms with Gasteiger partial charge in [-0.3, -0.25) is 4.79 Å². The van der Waals surface area contributed by atoms with Crippen molar-refractivity contribution < 1.29 is 9.90 Å². The minimum absolute atomic E-state index is 0.302. The molecule has 0 aromatic heterocycles. The smallest absolute Gasteiger partial charge is 0.304 e. The van der Waals surface area contributed by atoms with E-state index >= 15 is 0 Å². The van der Waals surface area contributed by atoms with Gasteiger partial charge in [0.2, 0.25) is 0 Å². The Hall–Kier alpha value is -0.570. The summed E-state index contributed by atoms with van der Waals surface area (Å²) in [5, 5.41) is 8.51. The van der Waals surface area contributed by atoms with Gasteiger partial charge in [-0.25, -0.2) is 0 Å². The highest BCUT2D eigenvalue weighted by Gasteiger charge is 2.44. The first kappa shape index (κ1) is 9.00. The molecule has 3 heteroatoms. The zero-order chi connectivity index (χ0) is 9.31. The van der Waals surface area contributed by atoms with Crippen LogP contribution >= 0.6 is 0 Å². The quantitative estimate of drug-likeness (QED) is 0.717. The van der Waals surface area contributed by atoms with Gasteiger partial charge in [0.05, 0.1) is 6.42 Å². The number of likely N-dealkylation sites (tertiary alicyclic amines) is 1. The Kier molecular flexibility index (Phi) is 2.28. The first-order valence-electron chi connectivity index (χ1n) is 5.14. The van der Waals surface area contributed by atoms with E-state index in [9.17, 15) is 4.79 Å². The molecular weight excluding hydrogens is 166 g/mol. The zero-order valence-electron chi connectivity index (χ0n) is 7.96. The maximum absolute atomic E-state index is 10.3. The van der Waals surface area contributed by atoms with Crippen LogP contribution in [0.3, 0.4) is 0 Å². The van der Waals surface area contributed by atoms with Crippen molar-refractivity contribution >= 4 is 5.97 Å². The van der Waals surface area contributed by atoms with Crippen molar-refractivity contribution in [3.63, 3.8) is 0 Å². The summed E-state index contributed by atoms with van der Waals surface area (Å²) in [6.07, 6.45) is 5.81. The van der Waals surface area contributed by atoms with E-state index in [1.165, 1.54) is 25.7 Å². The van der Waals surface area contributed by atoms with Crippen molar-refractivity contribution in [2.45, 2.75) is 32.1 Å². The lowest BCUT2D eigenvalue weighted by Crippen LogP contribution is -2.55. The average molecular weight is 183 g/mol. The van der Waals surface area contributed by atoms with Gasteiger partial charge in [0, 0.05) is 19.6 Å². The second-order valence-electron chi connectivity index (χ2n) is 4.56. The third-order valence-electron chi connectivity index (χ3n) is 3.42. The molecule has 0 bridgehead atoms. The molecule has 2 rings (SSSR count). The number of aliphatic carboxylic acids is 1. The third kappa shape index (κ3) is 1.85. The summed E-state index contributed by atoms with van der Waals surface area (Å²) in [5.41, 5.74) is 0.610. The Balaban J connectivity index is 1.69. The zero-order valence-corrected chi connectivity index (χ0v) is 7.96. The van der Waals surface area contributed by atoms with Crippen LogP contribution in [0.5, 0.6) is 0 Å². The van der Waals surface area contributed by atoms with Gasteiger partial charge in [0.25, 0.3) is 0 Å². The van der Waals surface area contributed by atoms with E-state index in [1.54, 1.807) is 0 Å². The number of carboxylic acid groups (broad SMARTS) is 1. The molecule has 1 aliphatic carbocycles. The molecule has 1 spiro atoms. The predicted octanol–water partition coefficient (Wildman–Crippen LogP) is 1.34. The lowest BCUT2D eigenvalue weighted by atomic mass is 9.78. The summed E-state index contributed by atoms with van der Waals surface area (Å²) in [5.74, 6) is -0.674. The van der Waals surface area contributed by atoms with Gasteiger partial charge in [0.15, 0.2) is 0 Å². The highest BCUT2D eigenvalue weighted by Crippen LogP contribution is 2.45. The number of rotatable bonds is 3. The van der Waals surface area contributed by atoms with Crippen LogP contribution in [-0.4, -0.2) is 35.6 Å². The first-order chi connectivity index (χ1) is 6.20. The minimum Gasteiger partial charge on any atom is -0.481 e. The molecule has 74 valence electrons. The number of carboxylic acids is 1. The van der Waals surface area contributed by atoms with Crippen LogP contribution in [0.15, 0.2) is 0 Å². The third-order valence-corrected chi connectivity index (χ3v) is 3.42. The molecule has 0 radical (unpaired) electrons. The van der Waals surface area contributed by atoms with Crippen LogP contribution < -0.4 is 0 Å². The van der Waals surface area contributed by atoms with Gasteiger partial charge in [-0.1, -0.05) is 12.8 Å². The van der Waals surface area contributed by atoms with Gasteiger partial charge >= 0.3 is 5.97 Å². The second kappa shape index (κ2) is 3.29. The Morgan fingerprint density at radius 2 is 1.92 bits per heavy atom. The van der Waals surface area contributed by atoms with Crippen LogP contribution in [-0.2, 0) is 4.79 Å². The Bertz CT molecular complexity index is 201. The predicted molar refractivity (Wildman–Crippen MR) is 49.6 cm³/mol. The Labute approximate surface area is 78.7 Å². The maximum atomic E-state index is 10.3. The number of nitrogens with zero attached hydrogens (tertiary/aromatic N) is 1. The van der Waals surface area contributed by atoms with E-state index in [4.69, 9.17) is 5.11 Å². The second-order valence-corrected chi connectivity index (χ2v) is 4.56. The van der Waals surface area contributed by atoms with Crippen LogP contribution in [0.1, 0.15) is 32.1 Å². The van der Waals surface area contributed by atoms with Crippen molar-refractivity contribution in [1.82, 2.24) is 4.90 Å². The monoisotopic (exact) mass is 183 g/mol. The van der Waals surface area contributed by atoms with Gasteiger partial charge in [0.1, 0.15) is 0 Å². The van der Waals surface area contributed by atoms with Gasteiger partial charge in [-0.2, -0.15) is 0 Å². The normalized spacial score (nSPS) is 26.2. The summed E-state index contributed by atoms with van der Waals surface area (Å²) in [4.78, 5) is 12.6. The number of carbonyl (C=O) groups is 1. The van der Waals surface area contributed by atoms with E-state index < -0.39 is 5.97 Å². The van der Waals surface area contributed by atoms with E-state index in [1.807, 2.05) is 0 Å². The molecule has 2 aliphatic rings. The molecule has 0 atom stereocenters. The summed E-state index contributed by atoms with van der Waals surface area (Å²) in [6.45, 7) is 3.05. The van der Waals surface area contributed by atoms with Gasteiger partial charge in [-0.05, 0) is 18.3 Å². The fourth-order valence-electron chi connectivity index (χ4n) is 2.76. The van der Waals surface area contributed by atoms with Crippen LogP contribution in [0.2, 0.25) is 0 Å². The molecule has 1 heterocycles. The Morgan fingerprint density at radius 3 is 2.46 bits per heavy atom. The number of hydrogen-bond donors (Lipinski definition) is 1. The van der Waals surface area contributed by atoms with Crippen molar-refractivity contribution in [3.8, 4) is 0 Å². The summed E-state index contributed by atoms with van der Waals surface area (Å²) in [7, 11) is 0. The highest BCUT2D eigenvalue weighted by atomic mass is 16.4. The van der Waals surface area contributed by atoms with E-state index in [0.717, 1.165) is 19.6 Å². The standard InChI is InChI=1S/C10H17NO2/c12-9(13)3-6-11-7-10(8-11)4-1-2-5-10/h1-8H2,(H,12,13). The van der Waals surface area contributed by atoms with Crippen LogP contribution in [0.25, 0.3) is 0 Å². The van der Waals surface area contributed by atoms with Crippen molar-refractivity contribution in [2.75, 3.05) is 19.6 Å². The summed E-state index contributed by atoms with van der Waals surface area (Å²) >= 11 is 0. The highest BCUT2D eigenvalue weighted by molar-refractivity contribution is 5.66. The van der Waals surface area contributed by atoms with E-state index in [-0.39, 0.29) is 0 Å². The molecule has 0 aromatic carbocycles. The molecule has 0 amide bonds. The lowest BCUT2D eigenvalue weighted by molar-refractivity contribution is -0.138. The van der Waals surface area contributed by atoms with Crippen molar-refractivity contribution in [2.24, 2.45) is 5.41 Å². The Morgan fingerprint density at radius 1 is 1.31 bits per heavy atom. The first-order valence-corrected chi connectivity index (χ1v) is 5.14. The van der Waals surface area contributed by atoms with Crippen LogP contribution in [0, 0.1) is 5.41 Å². The van der Waals surface area contributed by atoms with E-state index in [0.29, 0.717) is 11.8 Å².